The zero-order chi connectivity index (χ0) is 12.7. The van der Waals surface area contributed by atoms with Gasteiger partial charge in [-0.1, -0.05) is 66.7 Å². The van der Waals surface area contributed by atoms with Crippen LogP contribution in [0, 0.1) is 0 Å². The molecule has 19 heavy (non-hydrogen) atoms. The van der Waals surface area contributed by atoms with Crippen LogP contribution in [0.1, 0.15) is 11.7 Å². The Morgan fingerprint density at radius 1 is 0.737 bits per heavy atom. The molecule has 1 heterocycles. The van der Waals surface area contributed by atoms with Crippen molar-refractivity contribution in [3.05, 3.63) is 72.3 Å². The minimum Gasteiger partial charge on any atom is -0.368 e. The third-order valence-corrected chi connectivity index (χ3v) is 3.72. The van der Waals surface area contributed by atoms with Gasteiger partial charge in [-0.25, -0.2) is 0 Å². The second-order valence-electron chi connectivity index (χ2n) is 4.94. The number of benzene rings is 3. The molecule has 0 aromatic heterocycles. The fourth-order valence-corrected chi connectivity index (χ4v) is 2.71. The van der Waals surface area contributed by atoms with Crippen LogP contribution < -0.4 is 0 Å². The molecule has 1 heteroatoms. The van der Waals surface area contributed by atoms with E-state index in [-0.39, 0.29) is 6.10 Å². The van der Waals surface area contributed by atoms with Crippen LogP contribution in [-0.4, -0.2) is 6.61 Å². The Hall–Kier alpha value is -2.12. The van der Waals surface area contributed by atoms with E-state index in [0.29, 0.717) is 0 Å². The van der Waals surface area contributed by atoms with Crippen molar-refractivity contribution in [2.24, 2.45) is 0 Å². The first-order chi connectivity index (χ1) is 9.43. The number of fused-ring (bicyclic) bond motifs is 1. The summed E-state index contributed by atoms with van der Waals surface area (Å²) in [5.41, 5.74) is 3.89. The average molecular weight is 246 g/mol. The number of ether oxygens (including phenoxy) is 1. The number of hydrogen-bond acceptors (Lipinski definition) is 1. The van der Waals surface area contributed by atoms with Crippen molar-refractivity contribution in [1.82, 2.24) is 0 Å². The van der Waals surface area contributed by atoms with Gasteiger partial charge in [-0.2, -0.15) is 0 Å². The lowest BCUT2D eigenvalue weighted by Crippen LogP contribution is -1.88. The van der Waals surface area contributed by atoms with Gasteiger partial charge >= 0.3 is 0 Å². The summed E-state index contributed by atoms with van der Waals surface area (Å²) in [6.45, 7) is 0.849. The Bertz CT molecular complexity index is 736. The number of hydrogen-bond donors (Lipinski definition) is 0. The topological polar surface area (TPSA) is 12.5 Å². The number of epoxide rings is 1. The van der Waals surface area contributed by atoms with Crippen molar-refractivity contribution < 1.29 is 4.74 Å². The normalized spacial score (nSPS) is 17.6. The summed E-state index contributed by atoms with van der Waals surface area (Å²) in [6, 6.07) is 23.6. The van der Waals surface area contributed by atoms with Crippen LogP contribution in [0.5, 0.6) is 0 Å². The zero-order valence-corrected chi connectivity index (χ0v) is 10.5. The van der Waals surface area contributed by atoms with E-state index < -0.39 is 0 Å². The third kappa shape index (κ3) is 1.83. The van der Waals surface area contributed by atoms with Crippen LogP contribution >= 0.6 is 0 Å². The van der Waals surface area contributed by atoms with E-state index in [9.17, 15) is 0 Å². The molecule has 0 amide bonds. The molecular formula is C18H14O. The molecular weight excluding hydrogens is 232 g/mol. The lowest BCUT2D eigenvalue weighted by molar-refractivity contribution is 0.416. The lowest BCUT2D eigenvalue weighted by Gasteiger charge is -2.10. The molecule has 92 valence electrons. The first-order valence-electron chi connectivity index (χ1n) is 6.62. The Labute approximate surface area is 112 Å². The molecule has 1 fully saturated rings. The fraction of sp³-hybridized carbons (Fsp3) is 0.111. The molecule has 1 atom stereocenters. The maximum Gasteiger partial charge on any atom is 0.107 e. The summed E-state index contributed by atoms with van der Waals surface area (Å²) >= 11 is 0. The van der Waals surface area contributed by atoms with E-state index in [1.165, 1.54) is 27.5 Å². The van der Waals surface area contributed by atoms with E-state index in [0.717, 1.165) is 6.61 Å². The van der Waals surface area contributed by atoms with Crippen LogP contribution in [0.3, 0.4) is 0 Å². The van der Waals surface area contributed by atoms with Gasteiger partial charge in [0.1, 0.15) is 6.10 Å². The minimum atomic E-state index is 0.287. The van der Waals surface area contributed by atoms with Crippen LogP contribution in [-0.2, 0) is 4.74 Å². The largest absolute Gasteiger partial charge is 0.368 e. The van der Waals surface area contributed by atoms with Crippen molar-refractivity contribution in [2.45, 2.75) is 6.10 Å². The quantitative estimate of drug-likeness (QED) is 0.603. The Morgan fingerprint density at radius 2 is 1.42 bits per heavy atom. The maximum absolute atomic E-state index is 5.47. The molecule has 1 nitrogen and oxygen atoms in total. The summed E-state index contributed by atoms with van der Waals surface area (Å²) in [6.07, 6.45) is 0.287. The van der Waals surface area contributed by atoms with Gasteiger partial charge < -0.3 is 4.74 Å². The van der Waals surface area contributed by atoms with E-state index >= 15 is 0 Å². The van der Waals surface area contributed by atoms with E-state index in [2.05, 4.69) is 66.7 Å². The van der Waals surface area contributed by atoms with E-state index in [1.807, 2.05) is 0 Å². The molecule has 3 aromatic rings. The summed E-state index contributed by atoms with van der Waals surface area (Å²) in [4.78, 5) is 0. The summed E-state index contributed by atoms with van der Waals surface area (Å²) in [5.74, 6) is 0. The van der Waals surface area contributed by atoms with Gasteiger partial charge in [-0.15, -0.1) is 0 Å². The second-order valence-corrected chi connectivity index (χ2v) is 4.94. The van der Waals surface area contributed by atoms with Gasteiger partial charge in [0.05, 0.1) is 6.61 Å². The van der Waals surface area contributed by atoms with Crippen molar-refractivity contribution in [3.8, 4) is 11.1 Å². The summed E-state index contributed by atoms with van der Waals surface area (Å²) in [5, 5.41) is 2.59. The van der Waals surface area contributed by atoms with Gasteiger partial charge in [-0.3, -0.25) is 0 Å². The Kier molecular flexibility index (Phi) is 2.39. The van der Waals surface area contributed by atoms with Crippen LogP contribution in [0.25, 0.3) is 21.9 Å². The second kappa shape index (κ2) is 4.22. The molecule has 1 unspecified atom stereocenters. The average Bonchev–Trinajstić information content (AvgIpc) is 3.31. The van der Waals surface area contributed by atoms with E-state index in [1.54, 1.807) is 0 Å². The number of rotatable bonds is 2. The zero-order valence-electron chi connectivity index (χ0n) is 10.5. The maximum atomic E-state index is 5.47. The highest BCUT2D eigenvalue weighted by Crippen LogP contribution is 2.39. The predicted molar refractivity (Wildman–Crippen MR) is 78.1 cm³/mol. The highest BCUT2D eigenvalue weighted by atomic mass is 16.6. The predicted octanol–water partition coefficient (Wildman–Crippen LogP) is 4.58. The first kappa shape index (κ1) is 10.8. The molecule has 0 spiro atoms. The fourth-order valence-electron chi connectivity index (χ4n) is 2.71. The molecule has 1 saturated heterocycles. The van der Waals surface area contributed by atoms with Crippen molar-refractivity contribution in [1.29, 1.82) is 0 Å². The molecule has 0 saturated carbocycles. The van der Waals surface area contributed by atoms with Crippen LogP contribution in [0.2, 0.25) is 0 Å². The molecule has 0 N–H and O–H groups in total. The van der Waals surface area contributed by atoms with Gasteiger partial charge in [0.2, 0.25) is 0 Å². The van der Waals surface area contributed by atoms with Gasteiger partial charge in [-0.05, 0) is 27.5 Å². The highest BCUT2D eigenvalue weighted by molar-refractivity contribution is 5.97. The lowest BCUT2D eigenvalue weighted by atomic mass is 9.93. The van der Waals surface area contributed by atoms with Crippen LogP contribution in [0.15, 0.2) is 66.7 Å². The molecule has 1 aliphatic heterocycles. The summed E-state index contributed by atoms with van der Waals surface area (Å²) in [7, 11) is 0. The third-order valence-electron chi connectivity index (χ3n) is 3.72. The molecule has 4 rings (SSSR count). The van der Waals surface area contributed by atoms with Crippen molar-refractivity contribution in [3.63, 3.8) is 0 Å². The molecule has 3 aromatic carbocycles. The summed E-state index contributed by atoms with van der Waals surface area (Å²) < 4.78 is 5.47. The molecule has 0 bridgehead atoms. The standard InChI is InChI=1S/C18H14O/c1-2-8-14-13(6-1)7-5-11-15(14)16-9-3-4-10-17(16)18-12-19-18/h1-11,18H,12H2. The highest BCUT2D eigenvalue weighted by Gasteiger charge is 2.27. The molecule has 0 aliphatic carbocycles. The Balaban J connectivity index is 2.00. The van der Waals surface area contributed by atoms with Crippen molar-refractivity contribution >= 4 is 10.8 Å². The Morgan fingerprint density at radius 3 is 2.32 bits per heavy atom. The minimum absolute atomic E-state index is 0.287. The molecule has 1 aliphatic rings. The van der Waals surface area contributed by atoms with Crippen LogP contribution in [0.4, 0.5) is 0 Å². The smallest absolute Gasteiger partial charge is 0.107 e. The van der Waals surface area contributed by atoms with E-state index in [4.69, 9.17) is 4.74 Å². The van der Waals surface area contributed by atoms with Gasteiger partial charge in [0.15, 0.2) is 0 Å². The molecule has 0 radical (unpaired) electrons. The first-order valence-corrected chi connectivity index (χ1v) is 6.62. The SMILES string of the molecule is c1ccc(C2CO2)c(-c2cccc3ccccc23)c1. The van der Waals surface area contributed by atoms with Gasteiger partial charge in [0, 0.05) is 0 Å². The van der Waals surface area contributed by atoms with Gasteiger partial charge in [0.25, 0.3) is 0 Å². The monoisotopic (exact) mass is 246 g/mol. The van der Waals surface area contributed by atoms with Crippen molar-refractivity contribution in [2.75, 3.05) is 6.61 Å².